The van der Waals surface area contributed by atoms with E-state index in [-0.39, 0.29) is 4.90 Å². The van der Waals surface area contributed by atoms with Crippen LogP contribution in [0.2, 0.25) is 0 Å². The lowest BCUT2D eigenvalue weighted by Gasteiger charge is -2.14. The summed E-state index contributed by atoms with van der Waals surface area (Å²) in [5.74, 6) is 0. The quantitative estimate of drug-likeness (QED) is 0.510. The number of hydrogen-bond donors (Lipinski definition) is 0. The minimum atomic E-state index is -3.29. The van der Waals surface area contributed by atoms with Crippen molar-refractivity contribution in [1.82, 2.24) is 9.78 Å². The highest BCUT2D eigenvalue weighted by Gasteiger charge is 2.18. The fourth-order valence-electron chi connectivity index (χ4n) is 2.99. The van der Waals surface area contributed by atoms with Gasteiger partial charge in [0, 0.05) is 16.1 Å². The standard InChI is InChI=1S/C23H23ClN2O2S2/c1-5-23(29-17(3)18-10-9-11-19(15-18)30(4,27)28)22-14-16(2)25-26(22)21-13-8-6-7-12-20(21)24/h5-7,9-15H,3,8H2,1-2,4H3/b23-5-. The van der Waals surface area contributed by atoms with Crippen molar-refractivity contribution < 1.29 is 8.42 Å². The second-order valence-electron chi connectivity index (χ2n) is 6.83. The van der Waals surface area contributed by atoms with Gasteiger partial charge in [0.1, 0.15) is 0 Å². The Labute approximate surface area is 187 Å². The average molecular weight is 459 g/mol. The molecular weight excluding hydrogens is 436 g/mol. The lowest BCUT2D eigenvalue weighted by atomic mass is 10.2. The maximum absolute atomic E-state index is 11.9. The van der Waals surface area contributed by atoms with Crippen molar-refractivity contribution in [2.24, 2.45) is 0 Å². The van der Waals surface area contributed by atoms with E-state index in [0.29, 0.717) is 5.03 Å². The number of nitrogens with zero attached hydrogens (tertiary/aromatic N) is 2. The van der Waals surface area contributed by atoms with Crippen molar-refractivity contribution in [2.45, 2.75) is 25.2 Å². The molecule has 0 saturated carbocycles. The molecule has 0 unspecified atom stereocenters. The molecular formula is C23H23ClN2O2S2. The Morgan fingerprint density at radius 1 is 1.33 bits per heavy atom. The molecule has 30 heavy (non-hydrogen) atoms. The summed E-state index contributed by atoms with van der Waals surface area (Å²) < 4.78 is 25.7. The van der Waals surface area contributed by atoms with Crippen LogP contribution in [0.15, 0.2) is 77.2 Å². The van der Waals surface area contributed by atoms with Gasteiger partial charge < -0.3 is 0 Å². The monoisotopic (exact) mass is 458 g/mol. The number of sulfone groups is 1. The van der Waals surface area contributed by atoms with Gasteiger partial charge in [-0.2, -0.15) is 5.10 Å². The predicted molar refractivity (Wildman–Crippen MR) is 129 cm³/mol. The van der Waals surface area contributed by atoms with Crippen LogP contribution in [0.5, 0.6) is 0 Å². The summed E-state index contributed by atoms with van der Waals surface area (Å²) in [5, 5.41) is 5.27. The van der Waals surface area contributed by atoms with E-state index in [4.69, 9.17) is 11.6 Å². The third kappa shape index (κ3) is 5.06. The molecule has 0 radical (unpaired) electrons. The summed E-state index contributed by atoms with van der Waals surface area (Å²) in [4.78, 5) is 1.97. The Kier molecular flexibility index (Phi) is 6.91. The highest BCUT2D eigenvalue weighted by atomic mass is 35.5. The number of aryl methyl sites for hydroxylation is 1. The molecule has 0 bridgehead atoms. The number of hydrogen-bond acceptors (Lipinski definition) is 4. The molecule has 0 amide bonds. The zero-order chi connectivity index (χ0) is 21.9. The summed E-state index contributed by atoms with van der Waals surface area (Å²) in [6.45, 7) is 8.07. The van der Waals surface area contributed by atoms with Gasteiger partial charge in [0.2, 0.25) is 0 Å². The molecule has 1 aromatic heterocycles. The van der Waals surface area contributed by atoms with Crippen LogP contribution in [-0.4, -0.2) is 24.5 Å². The summed E-state index contributed by atoms with van der Waals surface area (Å²) in [6, 6.07) is 8.84. The van der Waals surface area contributed by atoms with Gasteiger partial charge >= 0.3 is 0 Å². The molecule has 0 atom stereocenters. The van der Waals surface area contributed by atoms with E-state index in [9.17, 15) is 8.42 Å². The molecule has 1 aliphatic carbocycles. The van der Waals surface area contributed by atoms with Crippen LogP contribution in [0.3, 0.4) is 0 Å². The highest BCUT2D eigenvalue weighted by molar-refractivity contribution is 8.16. The average Bonchev–Trinajstić information content (AvgIpc) is 2.95. The van der Waals surface area contributed by atoms with Gasteiger partial charge in [-0.3, -0.25) is 0 Å². The Bertz CT molecular complexity index is 1220. The third-order valence-electron chi connectivity index (χ3n) is 4.46. The smallest absolute Gasteiger partial charge is 0.175 e. The van der Waals surface area contributed by atoms with Crippen LogP contribution in [0, 0.1) is 6.92 Å². The molecule has 3 rings (SSSR count). The van der Waals surface area contributed by atoms with Crippen molar-refractivity contribution in [3.05, 3.63) is 89.3 Å². The second kappa shape index (κ2) is 9.25. The predicted octanol–water partition coefficient (Wildman–Crippen LogP) is 6.28. The molecule has 1 aliphatic rings. The van der Waals surface area contributed by atoms with E-state index in [1.165, 1.54) is 18.0 Å². The Balaban J connectivity index is 1.95. The second-order valence-corrected chi connectivity index (χ2v) is 10.4. The molecule has 0 N–H and O–H groups in total. The fourth-order valence-corrected chi connectivity index (χ4v) is 4.77. The largest absolute Gasteiger partial charge is 0.231 e. The van der Waals surface area contributed by atoms with Gasteiger partial charge in [-0.25, -0.2) is 13.1 Å². The summed E-state index contributed by atoms with van der Waals surface area (Å²) in [7, 11) is -3.29. The first kappa shape index (κ1) is 22.4. The van der Waals surface area contributed by atoms with E-state index in [1.54, 1.807) is 18.2 Å². The molecule has 4 nitrogen and oxygen atoms in total. The molecule has 1 aromatic carbocycles. The molecule has 0 saturated heterocycles. The molecule has 0 aliphatic heterocycles. The number of benzene rings is 1. The van der Waals surface area contributed by atoms with E-state index in [0.717, 1.165) is 38.9 Å². The van der Waals surface area contributed by atoms with E-state index in [1.807, 2.05) is 61.0 Å². The number of halogens is 1. The lowest BCUT2D eigenvalue weighted by molar-refractivity contribution is 0.602. The summed E-state index contributed by atoms with van der Waals surface area (Å²) in [5.41, 5.74) is 3.37. The minimum absolute atomic E-state index is 0.276. The van der Waals surface area contributed by atoms with Gasteiger partial charge in [0.05, 0.1) is 27.0 Å². The Morgan fingerprint density at radius 2 is 2.10 bits per heavy atom. The van der Waals surface area contributed by atoms with Crippen molar-refractivity contribution in [1.29, 1.82) is 0 Å². The van der Waals surface area contributed by atoms with Crippen molar-refractivity contribution >= 4 is 48.7 Å². The van der Waals surface area contributed by atoms with Gasteiger partial charge in [0.25, 0.3) is 0 Å². The summed E-state index contributed by atoms with van der Waals surface area (Å²) in [6.07, 6.45) is 11.8. The van der Waals surface area contributed by atoms with Gasteiger partial charge in [-0.1, -0.05) is 66.4 Å². The molecule has 1 heterocycles. The molecule has 2 aromatic rings. The molecule has 7 heteroatoms. The number of rotatable bonds is 6. The highest BCUT2D eigenvalue weighted by Crippen LogP contribution is 2.40. The molecule has 0 spiro atoms. The van der Waals surface area contributed by atoms with Gasteiger partial charge in [-0.05, 0) is 50.1 Å². The van der Waals surface area contributed by atoms with E-state index >= 15 is 0 Å². The maximum atomic E-state index is 11.9. The van der Waals surface area contributed by atoms with Crippen molar-refractivity contribution in [3.63, 3.8) is 0 Å². The zero-order valence-electron chi connectivity index (χ0n) is 17.1. The fraction of sp³-hybridized carbons (Fsp3) is 0.174. The van der Waals surface area contributed by atoms with Crippen LogP contribution in [0.1, 0.15) is 30.3 Å². The lowest BCUT2D eigenvalue weighted by Crippen LogP contribution is -2.04. The first-order valence-corrected chi connectivity index (χ1v) is 12.4. The van der Waals surface area contributed by atoms with Gasteiger partial charge in [0.15, 0.2) is 9.84 Å². The first-order valence-electron chi connectivity index (χ1n) is 9.34. The number of allylic oxidation sites excluding steroid dienone is 7. The van der Waals surface area contributed by atoms with Gasteiger partial charge in [-0.15, -0.1) is 0 Å². The molecule has 0 fully saturated rings. The SMILES string of the molecule is C=C(S/C(=C\C)c1cc(C)nn1C1=CCC=CC=C1Cl)c1cccc(S(C)(=O)=O)c1. The zero-order valence-corrected chi connectivity index (χ0v) is 19.5. The molecule has 156 valence electrons. The van der Waals surface area contributed by atoms with Crippen LogP contribution >= 0.6 is 23.4 Å². The van der Waals surface area contributed by atoms with Crippen LogP contribution in [0.4, 0.5) is 0 Å². The van der Waals surface area contributed by atoms with Crippen molar-refractivity contribution in [3.8, 4) is 0 Å². The summed E-state index contributed by atoms with van der Waals surface area (Å²) >= 11 is 7.97. The Hall–Kier alpha value is -2.28. The van der Waals surface area contributed by atoms with Crippen LogP contribution < -0.4 is 0 Å². The number of aromatic nitrogens is 2. The van der Waals surface area contributed by atoms with E-state index in [2.05, 4.69) is 11.7 Å². The maximum Gasteiger partial charge on any atom is 0.175 e. The van der Waals surface area contributed by atoms with Crippen LogP contribution in [0.25, 0.3) is 15.5 Å². The third-order valence-corrected chi connectivity index (χ3v) is 7.04. The normalized spacial score (nSPS) is 14.9. The van der Waals surface area contributed by atoms with E-state index < -0.39 is 9.84 Å². The van der Waals surface area contributed by atoms with Crippen molar-refractivity contribution in [2.75, 3.05) is 6.26 Å². The first-order chi connectivity index (χ1) is 14.2. The van der Waals surface area contributed by atoms with Crippen LogP contribution in [-0.2, 0) is 9.84 Å². The Morgan fingerprint density at radius 3 is 2.80 bits per heavy atom. The minimum Gasteiger partial charge on any atom is -0.231 e. The topological polar surface area (TPSA) is 52.0 Å². The number of thioether (sulfide) groups is 1.